The minimum Gasteiger partial charge on any atom is -0.467 e. The smallest absolute Gasteiger partial charge is 0.288 e. The second kappa shape index (κ2) is 4.86. The van der Waals surface area contributed by atoms with Crippen molar-refractivity contribution in [1.29, 1.82) is 0 Å². The molecule has 1 aliphatic heterocycles. The number of tetrazole rings is 1. The number of hydrogen-bond acceptors (Lipinski definition) is 8. The van der Waals surface area contributed by atoms with Crippen molar-refractivity contribution >= 4 is 23.0 Å². The fourth-order valence-electron chi connectivity index (χ4n) is 2.85. The van der Waals surface area contributed by atoms with Crippen LogP contribution in [0.4, 0.5) is 11.6 Å². The molecular formula is C14H9N7O2S. The van der Waals surface area contributed by atoms with E-state index in [-0.39, 0.29) is 5.56 Å². The lowest BCUT2D eigenvalue weighted by molar-refractivity contribution is 0.435. The van der Waals surface area contributed by atoms with Gasteiger partial charge >= 0.3 is 0 Å². The quantitative estimate of drug-likeness (QED) is 0.503. The molecule has 4 aromatic rings. The van der Waals surface area contributed by atoms with E-state index in [1.165, 1.54) is 11.3 Å². The third kappa shape index (κ3) is 1.77. The van der Waals surface area contributed by atoms with Gasteiger partial charge in [0.1, 0.15) is 23.2 Å². The highest BCUT2D eigenvalue weighted by molar-refractivity contribution is 7.13. The van der Waals surface area contributed by atoms with Crippen molar-refractivity contribution in [3.63, 3.8) is 0 Å². The van der Waals surface area contributed by atoms with E-state index >= 15 is 0 Å². The molecule has 0 unspecified atom stereocenters. The van der Waals surface area contributed by atoms with Gasteiger partial charge in [-0.05, 0) is 34.0 Å². The Labute approximate surface area is 137 Å². The van der Waals surface area contributed by atoms with Gasteiger partial charge in [0, 0.05) is 5.56 Å². The molecule has 1 aliphatic rings. The summed E-state index contributed by atoms with van der Waals surface area (Å²) in [4.78, 5) is 13.3. The Balaban J connectivity index is 1.86. The molecule has 4 aromatic heterocycles. The van der Waals surface area contributed by atoms with Gasteiger partial charge in [0.2, 0.25) is 5.95 Å². The number of nitrogens with one attached hydrogen (secondary N) is 2. The maximum atomic E-state index is 12.3. The van der Waals surface area contributed by atoms with Crippen molar-refractivity contribution < 1.29 is 4.42 Å². The molecule has 5 heterocycles. The molecule has 1 atom stereocenters. The minimum absolute atomic E-state index is 0.337. The van der Waals surface area contributed by atoms with Gasteiger partial charge < -0.3 is 9.73 Å². The van der Waals surface area contributed by atoms with E-state index in [1.54, 1.807) is 17.0 Å². The topological polar surface area (TPSA) is 115 Å². The van der Waals surface area contributed by atoms with Crippen LogP contribution in [0.2, 0.25) is 0 Å². The average Bonchev–Trinajstić information content (AvgIpc) is 3.34. The van der Waals surface area contributed by atoms with Gasteiger partial charge in [0.25, 0.3) is 5.56 Å². The molecule has 0 radical (unpaired) electrons. The number of aromatic nitrogens is 6. The van der Waals surface area contributed by atoms with Gasteiger partial charge in [-0.3, -0.25) is 4.79 Å². The van der Waals surface area contributed by atoms with E-state index in [4.69, 9.17) is 4.42 Å². The van der Waals surface area contributed by atoms with Crippen molar-refractivity contribution in [3.05, 3.63) is 57.6 Å². The van der Waals surface area contributed by atoms with Crippen LogP contribution in [0.25, 0.3) is 10.6 Å². The van der Waals surface area contributed by atoms with E-state index < -0.39 is 6.04 Å². The number of hydrogen-bond donors (Lipinski definition) is 2. The first-order valence-electron chi connectivity index (χ1n) is 7.07. The van der Waals surface area contributed by atoms with Crippen LogP contribution in [0.5, 0.6) is 0 Å². The molecule has 0 bridgehead atoms. The van der Waals surface area contributed by atoms with Gasteiger partial charge in [-0.1, -0.05) is 11.2 Å². The molecule has 24 heavy (non-hydrogen) atoms. The summed E-state index contributed by atoms with van der Waals surface area (Å²) in [6.45, 7) is 0. The molecule has 0 aliphatic carbocycles. The number of rotatable bonds is 2. The number of nitrogens with zero attached hydrogens (tertiary/aromatic N) is 5. The van der Waals surface area contributed by atoms with Crippen LogP contribution in [0.15, 0.2) is 45.1 Å². The van der Waals surface area contributed by atoms with Crippen LogP contribution >= 0.6 is 11.3 Å². The fraction of sp³-hybridized carbons (Fsp3) is 0.0714. The normalized spacial score (nSPS) is 15.6. The molecule has 0 saturated carbocycles. The highest BCUT2D eigenvalue weighted by Gasteiger charge is 2.35. The first-order valence-corrected chi connectivity index (χ1v) is 7.95. The van der Waals surface area contributed by atoms with Crippen molar-refractivity contribution in [2.75, 3.05) is 5.32 Å². The Kier molecular flexibility index (Phi) is 2.67. The molecule has 0 saturated heterocycles. The fourth-order valence-corrected chi connectivity index (χ4v) is 3.58. The van der Waals surface area contributed by atoms with Gasteiger partial charge in [0.05, 0.1) is 11.1 Å². The summed E-state index contributed by atoms with van der Waals surface area (Å²) >= 11 is 1.53. The number of fused-ring (bicyclic) bond motifs is 2. The Morgan fingerprint density at radius 2 is 2.25 bits per heavy atom. The molecule has 0 spiro atoms. The van der Waals surface area contributed by atoms with E-state index in [0.717, 1.165) is 4.88 Å². The Bertz CT molecular complexity index is 1070. The van der Waals surface area contributed by atoms with E-state index in [9.17, 15) is 4.79 Å². The van der Waals surface area contributed by atoms with Crippen LogP contribution in [0, 0.1) is 0 Å². The zero-order valence-electron chi connectivity index (χ0n) is 12.0. The molecule has 2 N–H and O–H groups in total. The maximum Gasteiger partial charge on any atom is 0.288 e. The predicted octanol–water partition coefficient (Wildman–Crippen LogP) is 1.77. The summed E-state index contributed by atoms with van der Waals surface area (Å²) in [6, 6.07) is 7.00. The van der Waals surface area contributed by atoms with Crippen molar-refractivity contribution in [2.24, 2.45) is 0 Å². The van der Waals surface area contributed by atoms with Gasteiger partial charge in [-0.25, -0.2) is 5.10 Å². The third-order valence-electron chi connectivity index (χ3n) is 3.84. The lowest BCUT2D eigenvalue weighted by atomic mass is 9.99. The molecule has 5 rings (SSSR count). The monoisotopic (exact) mass is 339 g/mol. The van der Waals surface area contributed by atoms with E-state index in [2.05, 4.69) is 31.0 Å². The number of H-pyrrole nitrogens is 1. The van der Waals surface area contributed by atoms with E-state index in [1.807, 2.05) is 23.6 Å². The molecular weight excluding hydrogens is 330 g/mol. The summed E-state index contributed by atoms with van der Waals surface area (Å²) < 4.78 is 7.17. The lowest BCUT2D eigenvalue weighted by Crippen LogP contribution is -2.28. The van der Waals surface area contributed by atoms with Gasteiger partial charge in [-0.2, -0.15) is 9.78 Å². The zero-order valence-corrected chi connectivity index (χ0v) is 12.8. The Morgan fingerprint density at radius 3 is 3.04 bits per heavy atom. The zero-order chi connectivity index (χ0) is 16.1. The SMILES string of the molecule is O=c1[nH]nc(-c2cccs2)c2c1Nc1nnnn1[C@@H]2c1ccco1. The van der Waals surface area contributed by atoms with Gasteiger partial charge in [0.15, 0.2) is 0 Å². The highest BCUT2D eigenvalue weighted by Crippen LogP contribution is 2.41. The molecule has 10 heteroatoms. The van der Waals surface area contributed by atoms with Crippen molar-refractivity contribution in [2.45, 2.75) is 6.04 Å². The summed E-state index contributed by atoms with van der Waals surface area (Å²) in [7, 11) is 0. The summed E-state index contributed by atoms with van der Waals surface area (Å²) in [5, 5.41) is 23.4. The van der Waals surface area contributed by atoms with Crippen LogP contribution in [-0.4, -0.2) is 30.4 Å². The Hall–Kier alpha value is -3.27. The first kappa shape index (κ1) is 13.2. The Morgan fingerprint density at radius 1 is 1.29 bits per heavy atom. The van der Waals surface area contributed by atoms with E-state index in [0.29, 0.717) is 28.7 Å². The summed E-state index contributed by atoms with van der Waals surface area (Å²) in [5.74, 6) is 0.995. The first-order chi connectivity index (χ1) is 11.8. The summed E-state index contributed by atoms with van der Waals surface area (Å²) in [5.41, 5.74) is 1.37. The second-order valence-electron chi connectivity index (χ2n) is 5.16. The molecule has 0 fully saturated rings. The standard InChI is InChI=1S/C14H9N7O2S/c22-13-11-9(10(16-17-13)8-4-2-6-24-8)12(7-3-1-5-23-7)21-14(15-11)18-19-20-21/h1-6,12H,(H,17,22)(H,15,18,20)/t12-/m1/s1. The van der Waals surface area contributed by atoms with Crippen LogP contribution < -0.4 is 10.9 Å². The average molecular weight is 339 g/mol. The van der Waals surface area contributed by atoms with Crippen molar-refractivity contribution in [1.82, 2.24) is 30.4 Å². The minimum atomic E-state index is -0.479. The summed E-state index contributed by atoms with van der Waals surface area (Å²) in [6.07, 6.45) is 1.58. The van der Waals surface area contributed by atoms with Crippen molar-refractivity contribution in [3.8, 4) is 10.6 Å². The van der Waals surface area contributed by atoms with Crippen LogP contribution in [-0.2, 0) is 0 Å². The second-order valence-corrected chi connectivity index (χ2v) is 6.11. The molecule has 0 amide bonds. The van der Waals surface area contributed by atoms with Crippen LogP contribution in [0.3, 0.4) is 0 Å². The number of anilines is 2. The lowest BCUT2D eigenvalue weighted by Gasteiger charge is -2.25. The largest absolute Gasteiger partial charge is 0.467 e. The highest BCUT2D eigenvalue weighted by atomic mass is 32.1. The molecule has 0 aromatic carbocycles. The number of thiophene rings is 1. The third-order valence-corrected chi connectivity index (χ3v) is 4.71. The van der Waals surface area contributed by atoms with Gasteiger partial charge in [-0.15, -0.1) is 11.3 Å². The maximum absolute atomic E-state index is 12.3. The number of aromatic amines is 1. The molecule has 9 nitrogen and oxygen atoms in total. The van der Waals surface area contributed by atoms with Crippen LogP contribution in [0.1, 0.15) is 17.4 Å². The predicted molar refractivity (Wildman–Crippen MR) is 85.2 cm³/mol. The number of furan rings is 1. The molecule has 118 valence electrons.